The fourth-order valence-corrected chi connectivity index (χ4v) is 4.79. The molecule has 0 fully saturated rings. The minimum Gasteiger partial charge on any atom is -0.453 e. The molecule has 0 radical (unpaired) electrons. The second-order valence-corrected chi connectivity index (χ2v) is 9.72. The highest BCUT2D eigenvalue weighted by molar-refractivity contribution is 7.89. The van der Waals surface area contributed by atoms with Gasteiger partial charge in [-0.25, -0.2) is 13.2 Å². The van der Waals surface area contributed by atoms with Crippen LogP contribution in [0.2, 0.25) is 0 Å². The number of benzene rings is 2. The van der Waals surface area contributed by atoms with E-state index < -0.39 is 28.3 Å². The van der Waals surface area contributed by atoms with Crippen LogP contribution in [0.5, 0.6) is 0 Å². The second-order valence-electron chi connectivity index (χ2n) is 7.78. The molecule has 0 saturated heterocycles. The second kappa shape index (κ2) is 11.1. The maximum Gasteiger partial charge on any atom is 0.407 e. The van der Waals surface area contributed by atoms with Crippen LogP contribution in [0.15, 0.2) is 59.5 Å². The Kier molecular flexibility index (Phi) is 8.85. The van der Waals surface area contributed by atoms with Crippen molar-refractivity contribution in [3.8, 4) is 0 Å². The number of hydrogen-bond acceptors (Lipinski definition) is 6. The summed E-state index contributed by atoms with van der Waals surface area (Å²) in [6.07, 6.45) is -1.55. The number of ether oxygens (including phenoxy) is 1. The van der Waals surface area contributed by atoms with Gasteiger partial charge in [0.1, 0.15) is 0 Å². The smallest absolute Gasteiger partial charge is 0.407 e. The van der Waals surface area contributed by atoms with E-state index in [9.17, 15) is 18.3 Å². The van der Waals surface area contributed by atoms with Gasteiger partial charge in [-0.15, -0.1) is 0 Å². The Morgan fingerprint density at radius 3 is 2.26 bits per heavy atom. The van der Waals surface area contributed by atoms with Gasteiger partial charge < -0.3 is 20.9 Å². The van der Waals surface area contributed by atoms with Crippen molar-refractivity contribution in [1.82, 2.24) is 9.62 Å². The Balaban J connectivity index is 2.28. The standard InChI is InChI=1S/C22H31N3O5S/c1-16(2)14-25(31(28,29)19-11-9-18(23)10-12-19)15-21(26)20(24-22(27)30-3)13-17-7-5-4-6-8-17/h4-12,16,20-21,26H,13-15,23H2,1-3H3,(H,24,27)/t20-,21+/m0/s1. The van der Waals surface area contributed by atoms with Crippen molar-refractivity contribution in [3.05, 3.63) is 60.2 Å². The molecule has 0 saturated carbocycles. The minimum atomic E-state index is -3.87. The Labute approximate surface area is 184 Å². The molecule has 170 valence electrons. The molecule has 0 bridgehead atoms. The molecule has 0 unspecified atom stereocenters. The predicted molar refractivity (Wildman–Crippen MR) is 120 cm³/mol. The lowest BCUT2D eigenvalue weighted by atomic mass is 10.0. The molecule has 0 aliphatic heterocycles. The van der Waals surface area contributed by atoms with Crippen molar-refractivity contribution in [2.75, 3.05) is 25.9 Å². The number of nitrogens with zero attached hydrogens (tertiary/aromatic N) is 1. The zero-order chi connectivity index (χ0) is 23.0. The zero-order valence-electron chi connectivity index (χ0n) is 18.1. The quantitative estimate of drug-likeness (QED) is 0.478. The van der Waals surface area contributed by atoms with Crippen LogP contribution in [-0.2, 0) is 21.2 Å². The van der Waals surface area contributed by atoms with Crippen LogP contribution in [0.4, 0.5) is 10.5 Å². The molecule has 0 aliphatic carbocycles. The number of carbonyl (C=O) groups excluding carboxylic acids is 1. The number of amides is 1. The summed E-state index contributed by atoms with van der Waals surface area (Å²) in [5, 5.41) is 13.6. The highest BCUT2D eigenvalue weighted by Gasteiger charge is 2.31. The third-order valence-electron chi connectivity index (χ3n) is 4.73. The van der Waals surface area contributed by atoms with Crippen LogP contribution in [0, 0.1) is 5.92 Å². The van der Waals surface area contributed by atoms with E-state index in [1.165, 1.54) is 35.7 Å². The van der Waals surface area contributed by atoms with Crippen molar-refractivity contribution in [2.24, 2.45) is 5.92 Å². The molecule has 0 heterocycles. The van der Waals surface area contributed by atoms with Gasteiger partial charge in [0, 0.05) is 18.8 Å². The molecule has 2 aromatic rings. The van der Waals surface area contributed by atoms with E-state index in [2.05, 4.69) is 10.1 Å². The summed E-state index contributed by atoms with van der Waals surface area (Å²) in [5.41, 5.74) is 7.03. The van der Waals surface area contributed by atoms with Crippen LogP contribution in [0.25, 0.3) is 0 Å². The molecule has 2 aromatic carbocycles. The molecule has 8 nitrogen and oxygen atoms in total. The largest absolute Gasteiger partial charge is 0.453 e. The van der Waals surface area contributed by atoms with Crippen molar-refractivity contribution in [1.29, 1.82) is 0 Å². The van der Waals surface area contributed by atoms with Gasteiger partial charge in [-0.1, -0.05) is 44.2 Å². The molecule has 0 aromatic heterocycles. The van der Waals surface area contributed by atoms with E-state index in [0.29, 0.717) is 12.1 Å². The number of aliphatic hydroxyl groups excluding tert-OH is 1. The SMILES string of the molecule is COC(=O)N[C@@H](Cc1ccccc1)[C@H](O)CN(CC(C)C)S(=O)(=O)c1ccc(N)cc1. The predicted octanol–water partition coefficient (Wildman–Crippen LogP) is 2.24. The number of sulfonamides is 1. The van der Waals surface area contributed by atoms with E-state index >= 15 is 0 Å². The lowest BCUT2D eigenvalue weighted by Crippen LogP contribution is -2.51. The highest BCUT2D eigenvalue weighted by atomic mass is 32.2. The van der Waals surface area contributed by atoms with Gasteiger partial charge in [-0.3, -0.25) is 0 Å². The lowest BCUT2D eigenvalue weighted by molar-refractivity contribution is 0.0944. The number of nitrogen functional groups attached to an aromatic ring is 1. The first-order valence-electron chi connectivity index (χ1n) is 10.1. The number of anilines is 1. The fraction of sp³-hybridized carbons (Fsp3) is 0.409. The van der Waals surface area contributed by atoms with Gasteiger partial charge in [0.15, 0.2) is 0 Å². The molecule has 2 rings (SSSR count). The lowest BCUT2D eigenvalue weighted by Gasteiger charge is -2.30. The van der Waals surface area contributed by atoms with Crippen molar-refractivity contribution in [2.45, 2.75) is 37.3 Å². The first-order chi connectivity index (χ1) is 14.6. The van der Waals surface area contributed by atoms with Gasteiger partial charge in [0.2, 0.25) is 10.0 Å². The molecular weight excluding hydrogens is 418 g/mol. The van der Waals surface area contributed by atoms with Crippen LogP contribution in [0.3, 0.4) is 0 Å². The maximum atomic E-state index is 13.2. The number of rotatable bonds is 10. The van der Waals surface area contributed by atoms with Crippen molar-refractivity contribution >= 4 is 21.8 Å². The van der Waals surface area contributed by atoms with E-state index in [0.717, 1.165) is 5.56 Å². The number of carbonyl (C=O) groups is 1. The average molecular weight is 450 g/mol. The number of nitrogens with one attached hydrogen (secondary N) is 1. The first-order valence-corrected chi connectivity index (χ1v) is 11.5. The Bertz CT molecular complexity index is 933. The van der Waals surface area contributed by atoms with Crippen LogP contribution < -0.4 is 11.1 Å². The van der Waals surface area contributed by atoms with Gasteiger partial charge >= 0.3 is 6.09 Å². The molecule has 2 atom stereocenters. The summed E-state index contributed by atoms with van der Waals surface area (Å²) < 4.78 is 32.4. The first kappa shape index (κ1) is 24.6. The Morgan fingerprint density at radius 1 is 1.10 bits per heavy atom. The molecule has 31 heavy (non-hydrogen) atoms. The van der Waals surface area contributed by atoms with Crippen LogP contribution in [-0.4, -0.2) is 56.3 Å². The molecule has 4 N–H and O–H groups in total. The third kappa shape index (κ3) is 7.23. The Morgan fingerprint density at radius 2 is 1.71 bits per heavy atom. The molecule has 1 amide bonds. The van der Waals surface area contributed by atoms with E-state index in [-0.39, 0.29) is 23.9 Å². The molecule has 9 heteroatoms. The van der Waals surface area contributed by atoms with Crippen molar-refractivity contribution < 1.29 is 23.1 Å². The number of aliphatic hydroxyl groups is 1. The highest BCUT2D eigenvalue weighted by Crippen LogP contribution is 2.20. The average Bonchev–Trinajstić information content (AvgIpc) is 2.73. The molecular formula is C22H31N3O5S. The third-order valence-corrected chi connectivity index (χ3v) is 6.57. The van der Waals surface area contributed by atoms with E-state index in [1.807, 2.05) is 44.2 Å². The number of nitrogens with two attached hydrogens (primary N) is 1. The molecule has 0 aliphatic rings. The van der Waals surface area contributed by atoms with Gasteiger partial charge in [0.05, 0.1) is 24.2 Å². The zero-order valence-corrected chi connectivity index (χ0v) is 18.9. The van der Waals surface area contributed by atoms with Crippen LogP contribution >= 0.6 is 0 Å². The number of methoxy groups -OCH3 is 1. The summed E-state index contributed by atoms with van der Waals surface area (Å²) in [6, 6.07) is 14.5. The van der Waals surface area contributed by atoms with Gasteiger partial charge in [-0.05, 0) is 42.2 Å². The monoisotopic (exact) mass is 449 g/mol. The summed E-state index contributed by atoms with van der Waals surface area (Å²) >= 11 is 0. The number of alkyl carbamates (subject to hydrolysis) is 1. The summed E-state index contributed by atoms with van der Waals surface area (Å²) in [5.74, 6) is 0.0249. The van der Waals surface area contributed by atoms with Crippen LogP contribution in [0.1, 0.15) is 19.4 Å². The normalized spacial score (nSPS) is 13.7. The van der Waals surface area contributed by atoms with Crippen molar-refractivity contribution in [3.63, 3.8) is 0 Å². The number of hydrogen-bond donors (Lipinski definition) is 3. The fourth-order valence-electron chi connectivity index (χ4n) is 3.16. The van der Waals surface area contributed by atoms with Gasteiger partial charge in [0.25, 0.3) is 0 Å². The van der Waals surface area contributed by atoms with E-state index in [1.54, 1.807) is 0 Å². The minimum absolute atomic E-state index is 0.0249. The summed E-state index contributed by atoms with van der Waals surface area (Å²) in [4.78, 5) is 11.9. The maximum absolute atomic E-state index is 13.2. The van der Waals surface area contributed by atoms with Gasteiger partial charge in [-0.2, -0.15) is 4.31 Å². The van der Waals surface area contributed by atoms with E-state index in [4.69, 9.17) is 5.73 Å². The Hall–Kier alpha value is -2.62. The topological polar surface area (TPSA) is 122 Å². The summed E-state index contributed by atoms with van der Waals surface area (Å²) in [6.45, 7) is 3.81. The summed E-state index contributed by atoms with van der Waals surface area (Å²) in [7, 11) is -2.64. The molecule has 0 spiro atoms.